The van der Waals surface area contributed by atoms with E-state index in [1.807, 2.05) is 60.7 Å². The second-order valence-corrected chi connectivity index (χ2v) is 4.68. The van der Waals surface area contributed by atoms with Gasteiger partial charge in [0.25, 0.3) is 0 Å². The first kappa shape index (κ1) is 12.5. The third-order valence-corrected chi connectivity index (χ3v) is 3.41. The van der Waals surface area contributed by atoms with E-state index in [0.29, 0.717) is 11.1 Å². The molecule has 98 valence electrons. The monoisotopic (exact) mass is 263 g/mol. The van der Waals surface area contributed by atoms with Crippen molar-refractivity contribution >= 4 is 0 Å². The molecule has 0 fully saturated rings. The topological polar surface area (TPSA) is 12.9 Å². The number of nitrogens with zero attached hydrogens (tertiary/aromatic N) is 1. The van der Waals surface area contributed by atoms with Crippen molar-refractivity contribution in [1.29, 1.82) is 0 Å². The zero-order valence-corrected chi connectivity index (χ0v) is 11.2. The first-order chi connectivity index (χ1) is 9.77. The van der Waals surface area contributed by atoms with Crippen LogP contribution >= 0.6 is 0 Å². The van der Waals surface area contributed by atoms with E-state index in [2.05, 4.69) is 4.98 Å². The summed E-state index contributed by atoms with van der Waals surface area (Å²) in [6.45, 7) is 1.80. The van der Waals surface area contributed by atoms with Gasteiger partial charge >= 0.3 is 0 Å². The summed E-state index contributed by atoms with van der Waals surface area (Å²) in [7, 11) is 0. The molecule has 0 bridgehead atoms. The molecule has 1 heterocycles. The summed E-state index contributed by atoms with van der Waals surface area (Å²) in [6, 6.07) is 19.0. The average molecular weight is 263 g/mol. The molecule has 2 aromatic carbocycles. The molecular weight excluding hydrogens is 249 g/mol. The van der Waals surface area contributed by atoms with Crippen molar-refractivity contribution in [2.75, 3.05) is 0 Å². The number of hydrogen-bond acceptors (Lipinski definition) is 1. The van der Waals surface area contributed by atoms with Gasteiger partial charge in [-0.3, -0.25) is 4.98 Å². The van der Waals surface area contributed by atoms with Gasteiger partial charge < -0.3 is 0 Å². The minimum Gasteiger partial charge on any atom is -0.256 e. The van der Waals surface area contributed by atoms with E-state index in [0.717, 1.165) is 16.8 Å². The largest absolute Gasteiger partial charge is 0.256 e. The Bertz CT molecular complexity index is 657. The molecular formula is C18H14FN. The number of halogens is 1. The number of pyridine rings is 1. The molecule has 1 aromatic heterocycles. The normalized spacial score (nSPS) is 10.5. The van der Waals surface area contributed by atoms with Gasteiger partial charge in [0, 0.05) is 17.3 Å². The molecule has 0 radical (unpaired) electrons. The Morgan fingerprint density at radius 1 is 0.800 bits per heavy atom. The molecule has 0 atom stereocenters. The highest BCUT2D eigenvalue weighted by Crippen LogP contribution is 2.30. The molecule has 2 heteroatoms. The fraction of sp³-hybridized carbons (Fsp3) is 0.0556. The van der Waals surface area contributed by atoms with Gasteiger partial charge in [0.1, 0.15) is 5.82 Å². The van der Waals surface area contributed by atoms with Crippen molar-refractivity contribution < 1.29 is 4.39 Å². The number of rotatable bonds is 2. The van der Waals surface area contributed by atoms with Gasteiger partial charge in [0.2, 0.25) is 0 Å². The van der Waals surface area contributed by atoms with E-state index in [1.165, 1.54) is 0 Å². The molecule has 3 aromatic rings. The molecule has 0 saturated heterocycles. The highest BCUT2D eigenvalue weighted by molar-refractivity contribution is 5.72. The summed E-state index contributed by atoms with van der Waals surface area (Å²) in [4.78, 5) is 4.29. The van der Waals surface area contributed by atoms with Crippen molar-refractivity contribution in [2.24, 2.45) is 0 Å². The lowest BCUT2D eigenvalue weighted by Gasteiger charge is -2.10. The molecule has 0 unspecified atom stereocenters. The van der Waals surface area contributed by atoms with Crippen LogP contribution in [0.25, 0.3) is 22.4 Å². The molecule has 0 amide bonds. The second kappa shape index (κ2) is 5.25. The average Bonchev–Trinajstić information content (AvgIpc) is 2.52. The third kappa shape index (κ3) is 2.21. The number of aromatic nitrogens is 1. The van der Waals surface area contributed by atoms with E-state index in [9.17, 15) is 4.39 Å². The summed E-state index contributed by atoms with van der Waals surface area (Å²) in [5.74, 6) is -0.181. The molecule has 0 spiro atoms. The molecule has 3 rings (SSSR count). The van der Waals surface area contributed by atoms with Crippen molar-refractivity contribution in [3.63, 3.8) is 0 Å². The van der Waals surface area contributed by atoms with Gasteiger partial charge in [0.05, 0.1) is 5.69 Å². The second-order valence-electron chi connectivity index (χ2n) is 4.68. The first-order valence-electron chi connectivity index (χ1n) is 6.53. The Morgan fingerprint density at radius 2 is 1.50 bits per heavy atom. The van der Waals surface area contributed by atoms with Gasteiger partial charge in [0.15, 0.2) is 0 Å². The maximum absolute atomic E-state index is 14.6. The summed E-state index contributed by atoms with van der Waals surface area (Å²) in [6.07, 6.45) is 1.72. The van der Waals surface area contributed by atoms with E-state index in [1.54, 1.807) is 13.1 Å². The van der Waals surface area contributed by atoms with Crippen molar-refractivity contribution in [1.82, 2.24) is 4.98 Å². The fourth-order valence-electron chi connectivity index (χ4n) is 2.33. The molecule has 0 saturated carbocycles. The quantitative estimate of drug-likeness (QED) is 0.643. The summed E-state index contributed by atoms with van der Waals surface area (Å²) in [5.41, 5.74) is 3.78. The van der Waals surface area contributed by atoms with Crippen LogP contribution in [0.3, 0.4) is 0 Å². The fourth-order valence-corrected chi connectivity index (χ4v) is 2.33. The minimum atomic E-state index is -0.181. The highest BCUT2D eigenvalue weighted by atomic mass is 19.1. The standard InChI is InChI=1S/C18H14FN/c1-13-15(17-9-5-6-12-20-17)10-11-16(18(13)19)14-7-3-2-4-8-14/h2-12H,1H3. The van der Waals surface area contributed by atoms with Gasteiger partial charge in [-0.25, -0.2) is 4.39 Å². The minimum absolute atomic E-state index is 0.181. The molecule has 0 aliphatic rings. The molecule has 0 N–H and O–H groups in total. The van der Waals surface area contributed by atoms with Crippen LogP contribution in [0.15, 0.2) is 66.9 Å². The zero-order chi connectivity index (χ0) is 13.9. The Hall–Kier alpha value is -2.48. The van der Waals surface area contributed by atoms with E-state index in [4.69, 9.17) is 0 Å². The molecule has 0 aliphatic carbocycles. The summed E-state index contributed by atoms with van der Waals surface area (Å²) >= 11 is 0. The lowest BCUT2D eigenvalue weighted by Crippen LogP contribution is -1.93. The van der Waals surface area contributed by atoms with Crippen LogP contribution < -0.4 is 0 Å². The van der Waals surface area contributed by atoms with E-state index < -0.39 is 0 Å². The molecule has 0 aliphatic heterocycles. The van der Waals surface area contributed by atoms with Crippen LogP contribution in [-0.4, -0.2) is 4.98 Å². The highest BCUT2D eigenvalue weighted by Gasteiger charge is 2.12. The predicted octanol–water partition coefficient (Wildman–Crippen LogP) is 4.86. The lowest BCUT2D eigenvalue weighted by molar-refractivity contribution is 0.622. The summed E-state index contributed by atoms with van der Waals surface area (Å²) in [5, 5.41) is 0. The van der Waals surface area contributed by atoms with Gasteiger partial charge in [-0.15, -0.1) is 0 Å². The lowest BCUT2D eigenvalue weighted by atomic mass is 9.97. The van der Waals surface area contributed by atoms with Crippen LogP contribution in [0.5, 0.6) is 0 Å². The Kier molecular flexibility index (Phi) is 3.30. The number of hydrogen-bond donors (Lipinski definition) is 0. The van der Waals surface area contributed by atoms with E-state index >= 15 is 0 Å². The van der Waals surface area contributed by atoms with Crippen molar-refractivity contribution in [3.8, 4) is 22.4 Å². The van der Waals surface area contributed by atoms with Gasteiger partial charge in [-0.2, -0.15) is 0 Å². The van der Waals surface area contributed by atoms with Crippen LogP contribution in [0.2, 0.25) is 0 Å². The van der Waals surface area contributed by atoms with Gasteiger partial charge in [-0.1, -0.05) is 48.5 Å². The van der Waals surface area contributed by atoms with E-state index in [-0.39, 0.29) is 5.82 Å². The Labute approximate surface area is 117 Å². The van der Waals surface area contributed by atoms with Crippen molar-refractivity contribution in [2.45, 2.75) is 6.92 Å². The Balaban J connectivity index is 2.13. The third-order valence-electron chi connectivity index (χ3n) is 3.41. The first-order valence-corrected chi connectivity index (χ1v) is 6.53. The van der Waals surface area contributed by atoms with Crippen LogP contribution in [0, 0.1) is 12.7 Å². The maximum atomic E-state index is 14.6. The van der Waals surface area contributed by atoms with Gasteiger partial charge in [-0.05, 0) is 30.2 Å². The smallest absolute Gasteiger partial charge is 0.134 e. The Morgan fingerprint density at radius 3 is 2.20 bits per heavy atom. The maximum Gasteiger partial charge on any atom is 0.134 e. The number of benzene rings is 2. The molecule has 1 nitrogen and oxygen atoms in total. The summed E-state index contributed by atoms with van der Waals surface area (Å²) < 4.78 is 14.6. The molecule has 20 heavy (non-hydrogen) atoms. The van der Waals surface area contributed by atoms with Crippen molar-refractivity contribution in [3.05, 3.63) is 78.2 Å². The SMILES string of the molecule is Cc1c(-c2ccccn2)ccc(-c2ccccc2)c1F. The van der Waals surface area contributed by atoms with Crippen LogP contribution in [0.4, 0.5) is 4.39 Å². The van der Waals surface area contributed by atoms with Crippen LogP contribution in [0.1, 0.15) is 5.56 Å². The predicted molar refractivity (Wildman–Crippen MR) is 79.8 cm³/mol. The van der Waals surface area contributed by atoms with Crippen LogP contribution in [-0.2, 0) is 0 Å². The zero-order valence-electron chi connectivity index (χ0n) is 11.2.